The van der Waals surface area contributed by atoms with Gasteiger partial charge in [-0.1, -0.05) is 42.0 Å². The lowest BCUT2D eigenvalue weighted by atomic mass is 9.95. The average molecular weight is 412 g/mol. The number of Topliss-reactive ketones (excluding diaryl/α,β-unsaturated/α-hetero) is 1. The lowest BCUT2D eigenvalue weighted by Gasteiger charge is -2.25. The molecule has 4 rings (SSSR count). The van der Waals surface area contributed by atoms with Crippen molar-refractivity contribution in [3.05, 3.63) is 106 Å². The van der Waals surface area contributed by atoms with Crippen LogP contribution in [0.15, 0.2) is 78.4 Å². The van der Waals surface area contributed by atoms with Gasteiger partial charge in [0, 0.05) is 11.3 Å². The molecular weight excluding hydrogens is 395 g/mol. The smallest absolute Gasteiger partial charge is 0.300 e. The number of rotatable bonds is 3. The molecule has 1 fully saturated rings. The zero-order valence-corrected chi connectivity index (χ0v) is 16.5. The summed E-state index contributed by atoms with van der Waals surface area (Å²) >= 11 is 0. The second kappa shape index (κ2) is 7.88. The van der Waals surface area contributed by atoms with E-state index in [1.165, 1.54) is 41.3 Å². The molecule has 0 radical (unpaired) electrons. The molecule has 5 nitrogen and oxygen atoms in total. The summed E-state index contributed by atoms with van der Waals surface area (Å²) in [5.74, 6) is -2.41. The van der Waals surface area contributed by atoms with Crippen molar-refractivity contribution in [2.45, 2.75) is 13.0 Å². The fourth-order valence-corrected chi connectivity index (χ4v) is 3.62. The number of aliphatic hydroxyl groups is 1. The van der Waals surface area contributed by atoms with Gasteiger partial charge in [-0.05, 0) is 48.9 Å². The Bertz CT molecular complexity index is 1240. The number of anilines is 1. The van der Waals surface area contributed by atoms with E-state index in [4.69, 9.17) is 5.26 Å². The fraction of sp³-hybridized carbons (Fsp3) is 0.0800. The highest BCUT2D eigenvalue weighted by Gasteiger charge is 2.46. The van der Waals surface area contributed by atoms with Gasteiger partial charge in [0.25, 0.3) is 11.7 Å². The Hall–Kier alpha value is -4.24. The molecule has 31 heavy (non-hydrogen) atoms. The number of carbonyl (C=O) groups excluding carboxylic acids is 2. The van der Waals surface area contributed by atoms with Gasteiger partial charge in [0.1, 0.15) is 11.6 Å². The molecule has 1 unspecified atom stereocenters. The lowest BCUT2D eigenvalue weighted by Crippen LogP contribution is -2.29. The Kier molecular flexibility index (Phi) is 5.10. The van der Waals surface area contributed by atoms with Crippen LogP contribution in [0.1, 0.15) is 28.3 Å². The van der Waals surface area contributed by atoms with E-state index in [1.807, 2.05) is 13.0 Å². The van der Waals surface area contributed by atoms with E-state index in [0.717, 1.165) is 5.56 Å². The zero-order valence-electron chi connectivity index (χ0n) is 16.5. The van der Waals surface area contributed by atoms with Gasteiger partial charge in [-0.3, -0.25) is 14.5 Å². The Balaban J connectivity index is 1.92. The molecule has 1 saturated heterocycles. The maximum Gasteiger partial charge on any atom is 0.300 e. The first-order chi connectivity index (χ1) is 14.9. The second-order valence-corrected chi connectivity index (χ2v) is 7.25. The topological polar surface area (TPSA) is 81.4 Å². The number of aliphatic hydroxyl groups excluding tert-OH is 1. The number of ketones is 1. The highest BCUT2D eigenvalue weighted by molar-refractivity contribution is 6.51. The van der Waals surface area contributed by atoms with E-state index in [0.29, 0.717) is 22.4 Å². The molecule has 152 valence electrons. The van der Waals surface area contributed by atoms with Gasteiger partial charge in [-0.2, -0.15) is 5.26 Å². The summed E-state index contributed by atoms with van der Waals surface area (Å²) in [7, 11) is 0. The predicted molar refractivity (Wildman–Crippen MR) is 114 cm³/mol. The van der Waals surface area contributed by atoms with Crippen LogP contribution in [0.25, 0.3) is 5.76 Å². The monoisotopic (exact) mass is 412 g/mol. The van der Waals surface area contributed by atoms with Gasteiger partial charge in [0.15, 0.2) is 0 Å². The van der Waals surface area contributed by atoms with E-state index < -0.39 is 23.5 Å². The number of nitrogens with zero attached hydrogens (tertiary/aromatic N) is 2. The summed E-state index contributed by atoms with van der Waals surface area (Å²) in [6.45, 7) is 1.90. The van der Waals surface area contributed by atoms with E-state index in [-0.39, 0.29) is 11.3 Å². The molecule has 0 spiro atoms. The Morgan fingerprint density at radius 3 is 2.16 bits per heavy atom. The standard InChI is InChI=1S/C25H17FN2O3/c1-15-2-6-18(7-3-15)23(29)21-22(17-8-10-19(26)11-9-17)28(25(31)24(21)30)20-12-4-16(14-27)5-13-20/h2-13,22,29H,1H3/b23-21+. The number of aryl methyl sites for hydroxylation is 1. The second-order valence-electron chi connectivity index (χ2n) is 7.25. The van der Waals surface area contributed by atoms with Gasteiger partial charge >= 0.3 is 0 Å². The summed E-state index contributed by atoms with van der Waals surface area (Å²) in [6, 6.07) is 19.6. The molecular formula is C25H17FN2O3. The maximum absolute atomic E-state index is 13.5. The minimum Gasteiger partial charge on any atom is -0.507 e. The molecule has 1 atom stereocenters. The van der Waals surface area contributed by atoms with E-state index in [1.54, 1.807) is 36.4 Å². The van der Waals surface area contributed by atoms with Crippen LogP contribution in [-0.4, -0.2) is 16.8 Å². The third-order valence-electron chi connectivity index (χ3n) is 5.23. The van der Waals surface area contributed by atoms with Crippen molar-refractivity contribution in [1.29, 1.82) is 5.26 Å². The van der Waals surface area contributed by atoms with Crippen molar-refractivity contribution in [2.75, 3.05) is 4.90 Å². The number of carbonyl (C=O) groups is 2. The first kappa shape index (κ1) is 20.0. The number of hydrogen-bond acceptors (Lipinski definition) is 4. The molecule has 1 heterocycles. The number of halogens is 1. The summed E-state index contributed by atoms with van der Waals surface area (Å²) in [5.41, 5.74) is 2.56. The van der Waals surface area contributed by atoms with Crippen LogP contribution in [-0.2, 0) is 9.59 Å². The molecule has 1 aliphatic rings. The molecule has 0 aliphatic carbocycles. The molecule has 1 N–H and O–H groups in total. The number of nitriles is 1. The van der Waals surface area contributed by atoms with Crippen LogP contribution in [0.3, 0.4) is 0 Å². The number of hydrogen-bond donors (Lipinski definition) is 1. The van der Waals surface area contributed by atoms with Crippen LogP contribution in [0.2, 0.25) is 0 Å². The normalized spacial score (nSPS) is 17.6. The Morgan fingerprint density at radius 2 is 1.58 bits per heavy atom. The van der Waals surface area contributed by atoms with Gasteiger partial charge in [-0.15, -0.1) is 0 Å². The first-order valence-corrected chi connectivity index (χ1v) is 9.54. The number of amides is 1. The molecule has 3 aromatic rings. The predicted octanol–water partition coefficient (Wildman–Crippen LogP) is 4.63. The zero-order chi connectivity index (χ0) is 22.1. The molecule has 1 amide bonds. The van der Waals surface area contributed by atoms with Crippen molar-refractivity contribution in [2.24, 2.45) is 0 Å². The molecule has 1 aliphatic heterocycles. The summed E-state index contributed by atoms with van der Waals surface area (Å²) in [4.78, 5) is 27.3. The van der Waals surface area contributed by atoms with Crippen LogP contribution in [0.5, 0.6) is 0 Å². The van der Waals surface area contributed by atoms with E-state index in [9.17, 15) is 19.1 Å². The van der Waals surface area contributed by atoms with E-state index in [2.05, 4.69) is 0 Å². The van der Waals surface area contributed by atoms with Crippen LogP contribution >= 0.6 is 0 Å². The van der Waals surface area contributed by atoms with Crippen molar-refractivity contribution >= 4 is 23.1 Å². The number of benzene rings is 3. The van der Waals surface area contributed by atoms with Crippen molar-refractivity contribution < 1.29 is 19.1 Å². The van der Waals surface area contributed by atoms with Crippen LogP contribution in [0, 0.1) is 24.1 Å². The van der Waals surface area contributed by atoms with Gasteiger partial charge in [0.05, 0.1) is 23.2 Å². The minimum absolute atomic E-state index is 0.0789. The maximum atomic E-state index is 13.5. The van der Waals surface area contributed by atoms with Crippen molar-refractivity contribution in [3.8, 4) is 6.07 Å². The minimum atomic E-state index is -0.949. The lowest BCUT2D eigenvalue weighted by molar-refractivity contribution is -0.132. The SMILES string of the molecule is Cc1ccc(/C(O)=C2\C(=O)C(=O)N(c3ccc(C#N)cc3)C2c2ccc(F)cc2)cc1. The largest absolute Gasteiger partial charge is 0.507 e. The summed E-state index contributed by atoms with van der Waals surface area (Å²) in [6.07, 6.45) is 0. The molecule has 0 saturated carbocycles. The Labute approximate surface area is 178 Å². The highest BCUT2D eigenvalue weighted by atomic mass is 19.1. The third-order valence-corrected chi connectivity index (χ3v) is 5.23. The van der Waals surface area contributed by atoms with Crippen molar-refractivity contribution in [3.63, 3.8) is 0 Å². The molecule has 3 aromatic carbocycles. The first-order valence-electron chi connectivity index (χ1n) is 9.54. The van der Waals surface area contributed by atoms with Crippen LogP contribution in [0.4, 0.5) is 10.1 Å². The average Bonchev–Trinajstić information content (AvgIpc) is 3.05. The summed E-state index contributed by atoms with van der Waals surface area (Å²) < 4.78 is 13.5. The molecule has 0 bridgehead atoms. The molecule has 6 heteroatoms. The quantitative estimate of drug-likeness (QED) is 0.386. The van der Waals surface area contributed by atoms with Gasteiger partial charge in [0.2, 0.25) is 0 Å². The Morgan fingerprint density at radius 1 is 0.968 bits per heavy atom. The third kappa shape index (κ3) is 3.58. The van der Waals surface area contributed by atoms with Crippen molar-refractivity contribution in [1.82, 2.24) is 0 Å². The van der Waals surface area contributed by atoms with Crippen LogP contribution < -0.4 is 4.90 Å². The van der Waals surface area contributed by atoms with Gasteiger partial charge in [-0.25, -0.2) is 4.39 Å². The highest BCUT2D eigenvalue weighted by Crippen LogP contribution is 2.42. The van der Waals surface area contributed by atoms with E-state index >= 15 is 0 Å². The fourth-order valence-electron chi connectivity index (χ4n) is 3.62. The molecule has 0 aromatic heterocycles. The van der Waals surface area contributed by atoms with Gasteiger partial charge < -0.3 is 5.11 Å². The summed E-state index contributed by atoms with van der Waals surface area (Å²) in [5, 5.41) is 20.0.